The SMILES string of the molecule is CC1C(CC#N)Oc2ccc(Cl)cc2N1C. The molecule has 1 aromatic carbocycles. The van der Waals surface area contributed by atoms with Crippen LogP contribution in [-0.4, -0.2) is 19.2 Å². The Morgan fingerprint density at radius 2 is 2.31 bits per heavy atom. The van der Waals surface area contributed by atoms with Crippen molar-refractivity contribution in [1.82, 2.24) is 0 Å². The number of fused-ring (bicyclic) bond motifs is 1. The summed E-state index contributed by atoms with van der Waals surface area (Å²) in [6.45, 7) is 2.05. The molecule has 2 rings (SSSR count). The average Bonchev–Trinajstić information content (AvgIpc) is 2.27. The second-order valence-electron chi connectivity index (χ2n) is 3.98. The molecule has 0 aliphatic carbocycles. The molecule has 0 saturated heterocycles. The first-order chi connectivity index (χ1) is 7.63. The minimum absolute atomic E-state index is 0.0799. The minimum Gasteiger partial charge on any atom is -0.485 e. The van der Waals surface area contributed by atoms with E-state index in [1.54, 1.807) is 6.07 Å². The predicted molar refractivity (Wildman–Crippen MR) is 64.0 cm³/mol. The summed E-state index contributed by atoms with van der Waals surface area (Å²) < 4.78 is 5.79. The Morgan fingerprint density at radius 1 is 1.56 bits per heavy atom. The lowest BCUT2D eigenvalue weighted by Gasteiger charge is -2.39. The van der Waals surface area contributed by atoms with E-state index in [1.807, 2.05) is 26.1 Å². The molecule has 0 spiro atoms. The summed E-state index contributed by atoms with van der Waals surface area (Å²) in [7, 11) is 1.99. The molecule has 0 aromatic heterocycles. The van der Waals surface area contributed by atoms with Crippen molar-refractivity contribution in [3.05, 3.63) is 23.2 Å². The third kappa shape index (κ3) is 1.81. The lowest BCUT2D eigenvalue weighted by Crippen LogP contribution is -2.45. The van der Waals surface area contributed by atoms with E-state index in [-0.39, 0.29) is 12.1 Å². The highest BCUT2D eigenvalue weighted by molar-refractivity contribution is 6.30. The first kappa shape index (κ1) is 11.1. The van der Waals surface area contributed by atoms with Crippen molar-refractivity contribution in [3.63, 3.8) is 0 Å². The van der Waals surface area contributed by atoms with E-state index in [2.05, 4.69) is 11.0 Å². The van der Waals surface area contributed by atoms with Gasteiger partial charge in [0.1, 0.15) is 11.9 Å². The van der Waals surface area contributed by atoms with Gasteiger partial charge in [-0.1, -0.05) is 11.6 Å². The summed E-state index contributed by atoms with van der Waals surface area (Å²) in [6, 6.07) is 7.86. The highest BCUT2D eigenvalue weighted by Crippen LogP contribution is 2.37. The minimum atomic E-state index is -0.0799. The molecule has 2 atom stereocenters. The monoisotopic (exact) mass is 236 g/mol. The topological polar surface area (TPSA) is 36.3 Å². The van der Waals surface area contributed by atoms with Crippen molar-refractivity contribution in [3.8, 4) is 11.8 Å². The van der Waals surface area contributed by atoms with E-state index in [0.29, 0.717) is 11.4 Å². The summed E-state index contributed by atoms with van der Waals surface area (Å²) in [4.78, 5) is 2.10. The van der Waals surface area contributed by atoms with Gasteiger partial charge < -0.3 is 9.64 Å². The maximum absolute atomic E-state index is 8.75. The third-order valence-corrected chi connectivity index (χ3v) is 3.26. The fourth-order valence-corrected chi connectivity index (χ4v) is 2.06. The number of ether oxygens (including phenoxy) is 1. The Labute approximate surface area is 100 Å². The molecule has 4 heteroatoms. The van der Waals surface area contributed by atoms with E-state index < -0.39 is 0 Å². The van der Waals surface area contributed by atoms with Crippen LogP contribution in [-0.2, 0) is 0 Å². The van der Waals surface area contributed by atoms with Crippen LogP contribution in [0.25, 0.3) is 0 Å². The molecule has 1 aliphatic rings. The summed E-state index contributed by atoms with van der Waals surface area (Å²) >= 11 is 5.95. The van der Waals surface area contributed by atoms with E-state index in [1.165, 1.54) is 0 Å². The number of benzene rings is 1. The molecule has 84 valence electrons. The summed E-state index contributed by atoms with van der Waals surface area (Å²) in [6.07, 6.45) is 0.316. The Bertz CT molecular complexity index is 441. The molecule has 0 saturated carbocycles. The van der Waals surface area contributed by atoms with Crippen LogP contribution < -0.4 is 9.64 Å². The Balaban J connectivity index is 2.37. The first-order valence-electron chi connectivity index (χ1n) is 5.19. The zero-order valence-electron chi connectivity index (χ0n) is 9.27. The molecule has 2 unspecified atom stereocenters. The van der Waals surface area contributed by atoms with Crippen molar-refractivity contribution in [1.29, 1.82) is 5.26 Å². The molecule has 0 radical (unpaired) electrons. The lowest BCUT2D eigenvalue weighted by molar-refractivity contribution is 0.165. The van der Waals surface area contributed by atoms with Crippen LogP contribution in [0.15, 0.2) is 18.2 Å². The van der Waals surface area contributed by atoms with Gasteiger partial charge in [0.25, 0.3) is 0 Å². The van der Waals surface area contributed by atoms with E-state index >= 15 is 0 Å². The maximum atomic E-state index is 8.75. The largest absolute Gasteiger partial charge is 0.485 e. The highest BCUT2D eigenvalue weighted by atomic mass is 35.5. The van der Waals surface area contributed by atoms with Gasteiger partial charge in [0.05, 0.1) is 24.2 Å². The van der Waals surface area contributed by atoms with Crippen LogP contribution in [0.3, 0.4) is 0 Å². The van der Waals surface area contributed by atoms with Gasteiger partial charge in [0.2, 0.25) is 0 Å². The quantitative estimate of drug-likeness (QED) is 0.752. The third-order valence-electron chi connectivity index (χ3n) is 3.02. The second kappa shape index (κ2) is 4.23. The lowest BCUT2D eigenvalue weighted by atomic mass is 10.1. The molecule has 0 amide bonds. The van der Waals surface area contributed by atoms with Gasteiger partial charge in [-0.3, -0.25) is 0 Å². The second-order valence-corrected chi connectivity index (χ2v) is 4.42. The maximum Gasteiger partial charge on any atom is 0.143 e. The number of rotatable bonds is 1. The molecule has 16 heavy (non-hydrogen) atoms. The first-order valence-corrected chi connectivity index (χ1v) is 5.57. The molecule has 1 aromatic rings. The highest BCUT2D eigenvalue weighted by Gasteiger charge is 2.30. The van der Waals surface area contributed by atoms with Crippen molar-refractivity contribution < 1.29 is 4.74 Å². The Kier molecular flexibility index (Phi) is 2.93. The zero-order valence-corrected chi connectivity index (χ0v) is 10.0. The number of hydrogen-bond donors (Lipinski definition) is 0. The van der Waals surface area contributed by atoms with Gasteiger partial charge in [-0.2, -0.15) is 5.26 Å². The summed E-state index contributed by atoms with van der Waals surface area (Å²) in [5.74, 6) is 0.797. The van der Waals surface area contributed by atoms with Gasteiger partial charge in [0, 0.05) is 12.1 Å². The van der Waals surface area contributed by atoms with Crippen LogP contribution in [0.4, 0.5) is 5.69 Å². The molecular weight excluding hydrogens is 224 g/mol. The van der Waals surface area contributed by atoms with Crippen molar-refractivity contribution in [2.24, 2.45) is 0 Å². The summed E-state index contributed by atoms with van der Waals surface area (Å²) in [5, 5.41) is 9.44. The van der Waals surface area contributed by atoms with Crippen LogP contribution in [0.5, 0.6) is 5.75 Å². The van der Waals surface area contributed by atoms with E-state index in [4.69, 9.17) is 21.6 Å². The molecule has 0 N–H and O–H groups in total. The van der Waals surface area contributed by atoms with Crippen molar-refractivity contribution >= 4 is 17.3 Å². The summed E-state index contributed by atoms with van der Waals surface area (Å²) in [5.41, 5.74) is 0.981. The van der Waals surface area contributed by atoms with Gasteiger partial charge >= 0.3 is 0 Å². The number of nitriles is 1. The molecule has 1 aliphatic heterocycles. The number of likely N-dealkylation sites (N-methyl/N-ethyl adjacent to an activating group) is 1. The zero-order chi connectivity index (χ0) is 11.7. The van der Waals surface area contributed by atoms with Crippen molar-refractivity contribution in [2.45, 2.75) is 25.5 Å². The molecular formula is C12H13ClN2O. The van der Waals surface area contributed by atoms with Gasteiger partial charge in [-0.25, -0.2) is 0 Å². The van der Waals surface area contributed by atoms with Gasteiger partial charge in [-0.05, 0) is 25.1 Å². The van der Waals surface area contributed by atoms with Crippen LogP contribution in [0.2, 0.25) is 5.02 Å². The molecule has 1 heterocycles. The predicted octanol–water partition coefficient (Wildman–Crippen LogP) is 2.84. The number of anilines is 1. The Morgan fingerprint density at radius 3 is 3.00 bits per heavy atom. The number of nitrogens with zero attached hydrogens (tertiary/aromatic N) is 2. The Hall–Kier alpha value is -1.40. The van der Waals surface area contributed by atoms with Crippen LogP contribution in [0.1, 0.15) is 13.3 Å². The number of hydrogen-bond acceptors (Lipinski definition) is 3. The van der Waals surface area contributed by atoms with Crippen LogP contribution in [0, 0.1) is 11.3 Å². The van der Waals surface area contributed by atoms with Crippen molar-refractivity contribution in [2.75, 3.05) is 11.9 Å². The molecule has 0 fully saturated rings. The fourth-order valence-electron chi connectivity index (χ4n) is 1.90. The van der Waals surface area contributed by atoms with E-state index in [0.717, 1.165) is 11.4 Å². The fraction of sp³-hybridized carbons (Fsp3) is 0.417. The van der Waals surface area contributed by atoms with Gasteiger partial charge in [-0.15, -0.1) is 0 Å². The standard InChI is InChI=1S/C12H13ClN2O/c1-8-11(5-6-14)16-12-4-3-9(13)7-10(12)15(8)2/h3-4,7-8,11H,5H2,1-2H3. The molecule has 3 nitrogen and oxygen atoms in total. The normalized spacial score (nSPS) is 23.2. The smallest absolute Gasteiger partial charge is 0.143 e. The van der Waals surface area contributed by atoms with Crippen LogP contribution >= 0.6 is 11.6 Å². The number of halogens is 1. The van der Waals surface area contributed by atoms with Gasteiger partial charge in [0.15, 0.2) is 0 Å². The molecule has 0 bridgehead atoms. The average molecular weight is 237 g/mol. The van der Waals surface area contributed by atoms with E-state index in [9.17, 15) is 0 Å².